The van der Waals surface area contributed by atoms with Gasteiger partial charge < -0.3 is 14.6 Å². The highest BCUT2D eigenvalue weighted by Gasteiger charge is 2.31. The molecule has 0 aromatic carbocycles. The van der Waals surface area contributed by atoms with Crippen LogP contribution in [-0.2, 0) is 14.3 Å². The van der Waals surface area contributed by atoms with Crippen molar-refractivity contribution in [3.63, 3.8) is 0 Å². The van der Waals surface area contributed by atoms with Crippen LogP contribution in [0, 0.1) is 12.8 Å². The summed E-state index contributed by atoms with van der Waals surface area (Å²) < 4.78 is 10.0. The number of rotatable bonds is 5. The Hall–Kier alpha value is -1.89. The maximum absolute atomic E-state index is 12.3. The van der Waals surface area contributed by atoms with Crippen LogP contribution in [0.15, 0.2) is 10.6 Å². The summed E-state index contributed by atoms with van der Waals surface area (Å²) in [6.45, 7) is 7.12. The molecule has 1 amide bonds. The second-order valence-corrected chi connectivity index (χ2v) is 5.57. The molecule has 1 aromatic rings. The van der Waals surface area contributed by atoms with E-state index in [1.807, 2.05) is 11.8 Å². The number of amides is 1. The second kappa shape index (κ2) is 7.40. The summed E-state index contributed by atoms with van der Waals surface area (Å²) in [6, 6.07) is 1.33. The van der Waals surface area contributed by atoms with Crippen molar-refractivity contribution in [2.45, 2.75) is 39.7 Å². The molecule has 7 nitrogen and oxygen atoms in total. The third-order valence-corrected chi connectivity index (χ3v) is 3.88. The lowest BCUT2D eigenvalue weighted by atomic mass is 9.97. The minimum atomic E-state index is -0.339. The van der Waals surface area contributed by atoms with Crippen molar-refractivity contribution in [1.29, 1.82) is 0 Å². The number of hydrogen-bond donors (Lipinski definition) is 1. The molecule has 1 aromatic heterocycles. The first-order chi connectivity index (χ1) is 10.5. The molecule has 1 aliphatic heterocycles. The molecule has 0 aliphatic carbocycles. The molecule has 2 heterocycles. The molecule has 2 unspecified atom stereocenters. The van der Waals surface area contributed by atoms with E-state index in [1.54, 1.807) is 19.9 Å². The van der Waals surface area contributed by atoms with E-state index in [1.165, 1.54) is 0 Å². The van der Waals surface area contributed by atoms with Gasteiger partial charge in [-0.25, -0.2) is 0 Å². The highest BCUT2D eigenvalue weighted by atomic mass is 16.5. The van der Waals surface area contributed by atoms with Gasteiger partial charge >= 0.3 is 5.97 Å². The van der Waals surface area contributed by atoms with E-state index in [-0.39, 0.29) is 23.8 Å². The zero-order valence-electron chi connectivity index (χ0n) is 13.3. The summed E-state index contributed by atoms with van der Waals surface area (Å²) in [4.78, 5) is 26.1. The first-order valence-corrected chi connectivity index (χ1v) is 7.66. The Morgan fingerprint density at radius 3 is 3.00 bits per heavy atom. The van der Waals surface area contributed by atoms with E-state index in [0.717, 1.165) is 19.4 Å². The predicted molar refractivity (Wildman–Crippen MR) is 80.3 cm³/mol. The second-order valence-electron chi connectivity index (χ2n) is 5.57. The fourth-order valence-electron chi connectivity index (χ4n) is 2.63. The number of nitrogens with zero attached hydrogens (tertiary/aromatic N) is 2. The fraction of sp³-hybridized carbons (Fsp3) is 0.667. The number of esters is 1. The van der Waals surface area contributed by atoms with Crippen LogP contribution in [-0.4, -0.2) is 47.7 Å². The van der Waals surface area contributed by atoms with Crippen LogP contribution in [0.5, 0.6) is 0 Å². The van der Waals surface area contributed by atoms with Crippen LogP contribution in [0.1, 0.15) is 32.4 Å². The fourth-order valence-corrected chi connectivity index (χ4v) is 2.63. The van der Waals surface area contributed by atoms with Crippen molar-refractivity contribution in [2.75, 3.05) is 25.0 Å². The first kappa shape index (κ1) is 16.5. The summed E-state index contributed by atoms with van der Waals surface area (Å²) >= 11 is 0. The number of hydrogen-bond acceptors (Lipinski definition) is 6. The van der Waals surface area contributed by atoms with Gasteiger partial charge in [0.2, 0.25) is 5.91 Å². The average Bonchev–Trinajstić information content (AvgIpc) is 2.92. The Bertz CT molecular complexity index is 529. The highest BCUT2D eigenvalue weighted by molar-refractivity contribution is 5.93. The molecule has 122 valence electrons. The largest absolute Gasteiger partial charge is 0.466 e. The summed E-state index contributed by atoms with van der Waals surface area (Å²) in [7, 11) is 0. The van der Waals surface area contributed by atoms with Gasteiger partial charge in [-0.3, -0.25) is 14.5 Å². The van der Waals surface area contributed by atoms with Crippen molar-refractivity contribution in [3.05, 3.63) is 11.8 Å². The maximum Gasteiger partial charge on any atom is 0.310 e. The Balaban J connectivity index is 1.91. The highest BCUT2D eigenvalue weighted by Crippen LogP contribution is 2.20. The minimum absolute atomic E-state index is 0.154. The van der Waals surface area contributed by atoms with Crippen LogP contribution in [0.3, 0.4) is 0 Å². The van der Waals surface area contributed by atoms with Crippen molar-refractivity contribution in [2.24, 2.45) is 5.92 Å². The van der Waals surface area contributed by atoms with Crippen LogP contribution in [0.25, 0.3) is 0 Å². The monoisotopic (exact) mass is 309 g/mol. The summed E-state index contributed by atoms with van der Waals surface area (Å²) in [5, 5.41) is 6.48. The van der Waals surface area contributed by atoms with Gasteiger partial charge in [-0.05, 0) is 40.2 Å². The van der Waals surface area contributed by atoms with E-state index in [9.17, 15) is 9.59 Å². The van der Waals surface area contributed by atoms with Gasteiger partial charge in [-0.2, -0.15) is 0 Å². The van der Waals surface area contributed by atoms with Crippen LogP contribution in [0.2, 0.25) is 0 Å². The molecule has 1 fully saturated rings. The van der Waals surface area contributed by atoms with Gasteiger partial charge in [-0.15, -0.1) is 0 Å². The average molecular weight is 309 g/mol. The maximum atomic E-state index is 12.3. The number of aryl methyl sites for hydroxylation is 1. The van der Waals surface area contributed by atoms with Gasteiger partial charge in [0, 0.05) is 12.6 Å². The van der Waals surface area contributed by atoms with Gasteiger partial charge in [-0.1, -0.05) is 5.16 Å². The Labute approximate surface area is 130 Å². The summed E-state index contributed by atoms with van der Waals surface area (Å²) in [5.41, 5.74) is 0. The normalized spacial score (nSPS) is 20.4. The topological polar surface area (TPSA) is 84.7 Å². The minimum Gasteiger partial charge on any atom is -0.466 e. The molecule has 2 rings (SSSR count). The number of likely N-dealkylation sites (tertiary alicyclic amines) is 1. The Morgan fingerprint density at radius 2 is 2.36 bits per heavy atom. The van der Waals surface area contributed by atoms with Crippen LogP contribution >= 0.6 is 0 Å². The lowest BCUT2D eigenvalue weighted by Gasteiger charge is -2.34. The van der Waals surface area contributed by atoms with Gasteiger partial charge in [0.1, 0.15) is 5.76 Å². The lowest BCUT2D eigenvalue weighted by molar-refractivity contribution is -0.150. The molecule has 1 aliphatic rings. The number of piperidine rings is 1. The number of carbonyl (C=O) groups excluding carboxylic acids is 2. The third-order valence-electron chi connectivity index (χ3n) is 3.88. The van der Waals surface area contributed by atoms with E-state index in [4.69, 9.17) is 9.26 Å². The molecule has 1 saturated heterocycles. The molecule has 0 saturated carbocycles. The lowest BCUT2D eigenvalue weighted by Crippen LogP contribution is -2.48. The molecule has 0 bridgehead atoms. The Kier molecular flexibility index (Phi) is 5.54. The van der Waals surface area contributed by atoms with Crippen molar-refractivity contribution in [3.8, 4) is 0 Å². The zero-order chi connectivity index (χ0) is 16.1. The SMILES string of the molecule is CCOC(=O)C1CCCN(C(C)C(=O)Nc2cc(C)on2)C1. The van der Waals surface area contributed by atoms with Crippen molar-refractivity contribution in [1.82, 2.24) is 10.1 Å². The molecule has 0 spiro atoms. The van der Waals surface area contributed by atoms with E-state index < -0.39 is 0 Å². The molecular formula is C15H23N3O4. The first-order valence-electron chi connectivity index (χ1n) is 7.66. The van der Waals surface area contributed by atoms with E-state index >= 15 is 0 Å². The Morgan fingerprint density at radius 1 is 1.59 bits per heavy atom. The molecule has 2 atom stereocenters. The molecule has 22 heavy (non-hydrogen) atoms. The zero-order valence-corrected chi connectivity index (χ0v) is 13.3. The number of aromatic nitrogens is 1. The number of nitrogens with one attached hydrogen (secondary N) is 1. The summed E-state index contributed by atoms with van der Waals surface area (Å²) in [5.74, 6) is 0.569. The van der Waals surface area contributed by atoms with Gasteiger partial charge in [0.25, 0.3) is 0 Å². The molecule has 0 radical (unpaired) electrons. The van der Waals surface area contributed by atoms with Gasteiger partial charge in [0.05, 0.1) is 18.6 Å². The smallest absolute Gasteiger partial charge is 0.310 e. The standard InChI is InChI=1S/C15H23N3O4/c1-4-21-15(20)12-6-5-7-18(9-12)11(3)14(19)16-13-8-10(2)22-17-13/h8,11-12H,4-7,9H2,1-3H3,(H,16,17,19). The predicted octanol–water partition coefficient (Wildman–Crippen LogP) is 1.59. The molecular weight excluding hydrogens is 286 g/mol. The van der Waals surface area contributed by atoms with Crippen molar-refractivity contribution < 1.29 is 18.8 Å². The van der Waals surface area contributed by atoms with Gasteiger partial charge in [0.15, 0.2) is 5.82 Å². The third kappa shape index (κ3) is 4.07. The molecule has 7 heteroatoms. The van der Waals surface area contributed by atoms with E-state index in [0.29, 0.717) is 24.7 Å². The number of anilines is 1. The van der Waals surface area contributed by atoms with E-state index in [2.05, 4.69) is 10.5 Å². The number of carbonyl (C=O) groups is 2. The molecule has 1 N–H and O–H groups in total. The van der Waals surface area contributed by atoms with Crippen LogP contribution < -0.4 is 5.32 Å². The quantitative estimate of drug-likeness (QED) is 0.831. The van der Waals surface area contributed by atoms with Crippen LogP contribution in [0.4, 0.5) is 5.82 Å². The van der Waals surface area contributed by atoms with Crippen molar-refractivity contribution >= 4 is 17.7 Å². The number of ether oxygens (including phenoxy) is 1. The summed E-state index contributed by atoms with van der Waals surface area (Å²) in [6.07, 6.45) is 1.69.